The fourth-order valence-electron chi connectivity index (χ4n) is 8.47. The van der Waals surface area contributed by atoms with Crippen molar-refractivity contribution in [3.05, 3.63) is 48.6 Å². The number of carbonyl (C=O) groups is 3. The van der Waals surface area contributed by atoms with Gasteiger partial charge in [0.25, 0.3) is 0 Å². The number of ether oxygens (including phenoxy) is 3. The first-order valence-corrected chi connectivity index (χ1v) is 29.2. The predicted molar refractivity (Wildman–Crippen MR) is 289 cm³/mol. The summed E-state index contributed by atoms with van der Waals surface area (Å²) in [6.07, 6.45) is 68.2. The van der Waals surface area contributed by atoms with E-state index in [1.54, 1.807) is 0 Å². The van der Waals surface area contributed by atoms with Gasteiger partial charge in [-0.05, 0) is 70.6 Å². The van der Waals surface area contributed by atoms with Gasteiger partial charge in [0.15, 0.2) is 6.10 Å². The minimum atomic E-state index is -0.785. The maximum atomic E-state index is 12.8. The second-order valence-electron chi connectivity index (χ2n) is 19.6. The SMILES string of the molecule is CC/C=C\C/C=C\CCCCCCCC(=O)OCC(COC(=O)CCCCCCCCCCCCCCCCCCCCC)OC(=O)CCCCCCC/C=C\C=C/CCCCCCCCC. The minimum Gasteiger partial charge on any atom is -0.462 e. The Labute approximate surface area is 416 Å². The minimum absolute atomic E-state index is 0.0812. The van der Waals surface area contributed by atoms with Crippen LogP contribution in [0.25, 0.3) is 0 Å². The summed E-state index contributed by atoms with van der Waals surface area (Å²) in [6, 6.07) is 0. The first-order valence-electron chi connectivity index (χ1n) is 29.2. The average Bonchev–Trinajstić information content (AvgIpc) is 3.33. The second-order valence-corrected chi connectivity index (χ2v) is 19.6. The molecule has 1 atom stereocenters. The molecular formula is C61H110O6. The van der Waals surface area contributed by atoms with Crippen LogP contribution in [0.1, 0.15) is 303 Å². The molecule has 0 aliphatic heterocycles. The van der Waals surface area contributed by atoms with E-state index in [0.29, 0.717) is 19.3 Å². The fraction of sp³-hybridized carbons (Fsp3) is 0.820. The van der Waals surface area contributed by atoms with Gasteiger partial charge in [0.2, 0.25) is 0 Å². The van der Waals surface area contributed by atoms with Crippen molar-refractivity contribution in [1.29, 1.82) is 0 Å². The number of unbranched alkanes of at least 4 members (excludes halogenated alkanes) is 35. The fourth-order valence-corrected chi connectivity index (χ4v) is 8.47. The number of hydrogen-bond donors (Lipinski definition) is 0. The van der Waals surface area contributed by atoms with Crippen LogP contribution in [-0.2, 0) is 28.6 Å². The van der Waals surface area contributed by atoms with Gasteiger partial charge in [-0.3, -0.25) is 14.4 Å². The molecular weight excluding hydrogens is 829 g/mol. The lowest BCUT2D eigenvalue weighted by Gasteiger charge is -2.18. The van der Waals surface area contributed by atoms with E-state index in [2.05, 4.69) is 69.4 Å². The number of esters is 3. The van der Waals surface area contributed by atoms with Crippen LogP contribution in [0, 0.1) is 0 Å². The summed E-state index contributed by atoms with van der Waals surface area (Å²) < 4.78 is 16.8. The Balaban J connectivity index is 4.34. The van der Waals surface area contributed by atoms with Crippen LogP contribution in [0.15, 0.2) is 48.6 Å². The Hall–Kier alpha value is -2.63. The standard InChI is InChI=1S/C61H110O6/c1-4-7-10-13-16-19-22-25-27-29-31-33-34-36-39-42-45-48-51-54-60(63)66-57-58(56-65-59(62)53-50-47-44-41-38-24-21-18-15-12-9-6-3)67-61(64)55-52-49-46-43-40-37-35-32-30-28-26-23-20-17-14-11-8-5-2/h9,12,18,21,28,30,32,35,58H,4-8,10-11,13-17,19-20,22-27,29,31,33-34,36-57H2,1-3H3/b12-9-,21-18-,30-28-,35-32-. The Morgan fingerprint density at radius 2 is 0.627 bits per heavy atom. The lowest BCUT2D eigenvalue weighted by molar-refractivity contribution is -0.167. The van der Waals surface area contributed by atoms with E-state index >= 15 is 0 Å². The van der Waals surface area contributed by atoms with Crippen LogP contribution >= 0.6 is 0 Å². The van der Waals surface area contributed by atoms with Gasteiger partial charge < -0.3 is 14.2 Å². The first kappa shape index (κ1) is 64.4. The Morgan fingerprint density at radius 1 is 0.328 bits per heavy atom. The molecule has 6 nitrogen and oxygen atoms in total. The molecule has 0 saturated carbocycles. The highest BCUT2D eigenvalue weighted by atomic mass is 16.6. The zero-order chi connectivity index (χ0) is 48.6. The molecule has 0 heterocycles. The Bertz CT molecular complexity index is 1170. The monoisotopic (exact) mass is 939 g/mol. The van der Waals surface area contributed by atoms with Crippen LogP contribution in [0.5, 0.6) is 0 Å². The molecule has 0 aliphatic carbocycles. The van der Waals surface area contributed by atoms with Crippen LogP contribution in [0.4, 0.5) is 0 Å². The van der Waals surface area contributed by atoms with Gasteiger partial charge in [0.05, 0.1) is 0 Å². The summed E-state index contributed by atoms with van der Waals surface area (Å²) in [6.45, 7) is 6.54. The molecule has 0 fully saturated rings. The van der Waals surface area contributed by atoms with Crippen LogP contribution < -0.4 is 0 Å². The highest BCUT2D eigenvalue weighted by molar-refractivity contribution is 5.71. The van der Waals surface area contributed by atoms with Crippen molar-refractivity contribution in [3.8, 4) is 0 Å². The Morgan fingerprint density at radius 3 is 0.985 bits per heavy atom. The van der Waals surface area contributed by atoms with Crippen molar-refractivity contribution in [3.63, 3.8) is 0 Å². The van der Waals surface area contributed by atoms with Gasteiger partial charge in [0.1, 0.15) is 13.2 Å². The van der Waals surface area contributed by atoms with E-state index in [4.69, 9.17) is 14.2 Å². The van der Waals surface area contributed by atoms with E-state index in [9.17, 15) is 14.4 Å². The van der Waals surface area contributed by atoms with Crippen molar-refractivity contribution < 1.29 is 28.6 Å². The molecule has 0 radical (unpaired) electrons. The molecule has 0 aromatic heterocycles. The summed E-state index contributed by atoms with van der Waals surface area (Å²) in [5.74, 6) is -0.897. The van der Waals surface area contributed by atoms with Crippen molar-refractivity contribution in [2.75, 3.05) is 13.2 Å². The van der Waals surface area contributed by atoms with E-state index in [1.165, 1.54) is 161 Å². The number of carbonyl (C=O) groups excluding carboxylic acids is 3. The summed E-state index contributed by atoms with van der Waals surface area (Å²) in [7, 11) is 0. The van der Waals surface area contributed by atoms with E-state index < -0.39 is 6.10 Å². The topological polar surface area (TPSA) is 78.9 Å². The molecule has 0 N–H and O–H groups in total. The quantitative estimate of drug-likeness (QED) is 0.0199. The lowest BCUT2D eigenvalue weighted by Crippen LogP contribution is -2.30. The van der Waals surface area contributed by atoms with E-state index in [1.807, 2.05) is 0 Å². The van der Waals surface area contributed by atoms with Crippen LogP contribution in [0.3, 0.4) is 0 Å². The molecule has 0 amide bonds. The predicted octanol–water partition coefficient (Wildman–Crippen LogP) is 19.4. The summed E-state index contributed by atoms with van der Waals surface area (Å²) in [5, 5.41) is 0. The maximum absolute atomic E-state index is 12.8. The molecule has 390 valence electrons. The third-order valence-electron chi connectivity index (χ3n) is 12.8. The van der Waals surface area contributed by atoms with Gasteiger partial charge in [-0.25, -0.2) is 0 Å². The van der Waals surface area contributed by atoms with Crippen LogP contribution in [0.2, 0.25) is 0 Å². The molecule has 6 heteroatoms. The normalized spacial score (nSPS) is 12.3. The van der Waals surface area contributed by atoms with Crippen molar-refractivity contribution in [2.24, 2.45) is 0 Å². The van der Waals surface area contributed by atoms with Gasteiger partial charge in [-0.1, -0.05) is 262 Å². The largest absolute Gasteiger partial charge is 0.462 e. The van der Waals surface area contributed by atoms with Gasteiger partial charge in [-0.2, -0.15) is 0 Å². The lowest BCUT2D eigenvalue weighted by atomic mass is 10.0. The third-order valence-corrected chi connectivity index (χ3v) is 12.8. The third kappa shape index (κ3) is 54.2. The summed E-state index contributed by atoms with van der Waals surface area (Å²) in [4.78, 5) is 38.1. The number of rotatable bonds is 53. The van der Waals surface area contributed by atoms with Crippen molar-refractivity contribution in [1.82, 2.24) is 0 Å². The van der Waals surface area contributed by atoms with Gasteiger partial charge in [-0.15, -0.1) is 0 Å². The molecule has 0 aromatic rings. The number of hydrogen-bond acceptors (Lipinski definition) is 6. The first-order chi connectivity index (χ1) is 33.0. The molecule has 0 aromatic carbocycles. The number of allylic oxidation sites excluding steroid dienone is 8. The van der Waals surface area contributed by atoms with Gasteiger partial charge >= 0.3 is 17.9 Å². The van der Waals surface area contributed by atoms with Gasteiger partial charge in [0, 0.05) is 19.3 Å². The van der Waals surface area contributed by atoms with Crippen molar-refractivity contribution >= 4 is 17.9 Å². The zero-order valence-electron chi connectivity index (χ0n) is 44.7. The molecule has 0 spiro atoms. The van der Waals surface area contributed by atoms with E-state index in [0.717, 1.165) is 103 Å². The zero-order valence-corrected chi connectivity index (χ0v) is 44.7. The molecule has 0 bridgehead atoms. The smallest absolute Gasteiger partial charge is 0.306 e. The molecule has 1 unspecified atom stereocenters. The molecule has 0 aliphatic rings. The maximum Gasteiger partial charge on any atom is 0.306 e. The Kier molecular flexibility index (Phi) is 53.8. The summed E-state index contributed by atoms with van der Waals surface area (Å²) in [5.41, 5.74) is 0. The highest BCUT2D eigenvalue weighted by Gasteiger charge is 2.19. The molecule has 0 rings (SSSR count). The molecule has 67 heavy (non-hydrogen) atoms. The van der Waals surface area contributed by atoms with E-state index in [-0.39, 0.29) is 31.1 Å². The van der Waals surface area contributed by atoms with Crippen LogP contribution in [-0.4, -0.2) is 37.2 Å². The average molecular weight is 940 g/mol. The summed E-state index contributed by atoms with van der Waals surface area (Å²) >= 11 is 0. The molecule has 0 saturated heterocycles. The van der Waals surface area contributed by atoms with Crippen molar-refractivity contribution in [2.45, 2.75) is 309 Å². The highest BCUT2D eigenvalue weighted by Crippen LogP contribution is 2.16. The second kappa shape index (κ2) is 56.0.